The van der Waals surface area contributed by atoms with E-state index in [0.717, 1.165) is 0 Å². The monoisotopic (exact) mass is 308 g/mol. The van der Waals surface area contributed by atoms with Gasteiger partial charge in [0.1, 0.15) is 0 Å². The molecule has 0 bridgehead atoms. The van der Waals surface area contributed by atoms with Gasteiger partial charge < -0.3 is 0 Å². The Morgan fingerprint density at radius 2 is 1.36 bits per heavy atom. The van der Waals surface area contributed by atoms with Gasteiger partial charge in [-0.25, -0.2) is 0 Å². The normalized spacial score (nSPS) is 14.4. The standard InChI is InChI=1S/C21H28Si/c1-17(16-22(4,5)21-14-10-7-11-15-21)18(2)19(3)20-12-8-6-9-13-20/h6-15,19H,16H2,1-5H3/b18-17+. The second-order valence-electron chi connectivity index (χ2n) is 7.02. The highest BCUT2D eigenvalue weighted by atomic mass is 28.3. The van der Waals surface area contributed by atoms with Crippen molar-refractivity contribution >= 4 is 13.3 Å². The molecule has 0 saturated carbocycles. The van der Waals surface area contributed by atoms with Gasteiger partial charge in [0, 0.05) is 5.92 Å². The minimum Gasteiger partial charge on any atom is -0.0761 e. The van der Waals surface area contributed by atoms with Crippen molar-refractivity contribution in [3.05, 3.63) is 77.4 Å². The van der Waals surface area contributed by atoms with E-state index in [9.17, 15) is 0 Å². The molecule has 1 heteroatoms. The number of allylic oxidation sites excluding steroid dienone is 2. The fourth-order valence-electron chi connectivity index (χ4n) is 3.16. The maximum Gasteiger partial charge on any atom is 0.0845 e. The number of hydrogen-bond donors (Lipinski definition) is 0. The first kappa shape index (κ1) is 16.8. The Labute approximate surface area is 136 Å². The third-order valence-corrected chi connectivity index (χ3v) is 8.20. The molecule has 0 radical (unpaired) electrons. The van der Waals surface area contributed by atoms with Crippen molar-refractivity contribution in [3.63, 3.8) is 0 Å². The van der Waals surface area contributed by atoms with Crippen molar-refractivity contribution in [3.8, 4) is 0 Å². The van der Waals surface area contributed by atoms with Gasteiger partial charge in [0.25, 0.3) is 0 Å². The van der Waals surface area contributed by atoms with Crippen LogP contribution >= 0.6 is 0 Å². The SMILES string of the molecule is C/C(C[Si](C)(C)c1ccccc1)=C(/C)C(C)c1ccccc1. The van der Waals surface area contributed by atoms with E-state index in [2.05, 4.69) is 94.5 Å². The summed E-state index contributed by atoms with van der Waals surface area (Å²) in [6.45, 7) is 11.9. The van der Waals surface area contributed by atoms with E-state index in [1.807, 2.05) is 0 Å². The number of benzene rings is 2. The van der Waals surface area contributed by atoms with Crippen LogP contribution in [0.3, 0.4) is 0 Å². The van der Waals surface area contributed by atoms with Gasteiger partial charge >= 0.3 is 0 Å². The fraction of sp³-hybridized carbons (Fsp3) is 0.333. The highest BCUT2D eigenvalue weighted by Crippen LogP contribution is 2.29. The second kappa shape index (κ2) is 7.10. The summed E-state index contributed by atoms with van der Waals surface area (Å²) in [6, 6.07) is 23.1. The smallest absolute Gasteiger partial charge is 0.0761 e. The zero-order chi connectivity index (χ0) is 16.2. The Morgan fingerprint density at radius 1 is 0.864 bits per heavy atom. The van der Waals surface area contributed by atoms with E-state index in [1.54, 1.807) is 10.8 Å². The van der Waals surface area contributed by atoms with Crippen LogP contribution in [0.4, 0.5) is 0 Å². The lowest BCUT2D eigenvalue weighted by molar-refractivity contribution is 0.873. The summed E-state index contributed by atoms with van der Waals surface area (Å²) in [5.41, 5.74) is 4.51. The number of hydrogen-bond acceptors (Lipinski definition) is 0. The van der Waals surface area contributed by atoms with Gasteiger partial charge in [0.2, 0.25) is 0 Å². The van der Waals surface area contributed by atoms with Gasteiger partial charge in [0.15, 0.2) is 0 Å². The molecule has 0 aliphatic rings. The lowest BCUT2D eigenvalue weighted by Gasteiger charge is -2.26. The molecular formula is C21H28Si. The van der Waals surface area contributed by atoms with Gasteiger partial charge in [0.05, 0.1) is 8.07 Å². The van der Waals surface area contributed by atoms with E-state index in [4.69, 9.17) is 0 Å². The molecule has 2 aromatic rings. The van der Waals surface area contributed by atoms with Crippen molar-refractivity contribution in [2.75, 3.05) is 0 Å². The quantitative estimate of drug-likeness (QED) is 0.488. The molecule has 2 rings (SSSR count). The van der Waals surface area contributed by atoms with Crippen molar-refractivity contribution < 1.29 is 0 Å². The summed E-state index contributed by atoms with van der Waals surface area (Å²) in [5, 5.41) is 1.55. The van der Waals surface area contributed by atoms with Gasteiger partial charge in [-0.15, -0.1) is 0 Å². The largest absolute Gasteiger partial charge is 0.0845 e. The summed E-state index contributed by atoms with van der Waals surface area (Å²) >= 11 is 0. The van der Waals surface area contributed by atoms with Crippen molar-refractivity contribution in [2.45, 2.75) is 45.8 Å². The van der Waals surface area contributed by atoms with Gasteiger partial charge in [-0.1, -0.05) is 97.0 Å². The van der Waals surface area contributed by atoms with Crippen molar-refractivity contribution in [2.24, 2.45) is 0 Å². The molecule has 0 aliphatic carbocycles. The van der Waals surface area contributed by atoms with Crippen LogP contribution in [0.25, 0.3) is 0 Å². The molecule has 1 unspecified atom stereocenters. The Morgan fingerprint density at radius 3 is 1.91 bits per heavy atom. The molecule has 0 fully saturated rings. The van der Waals surface area contributed by atoms with Crippen molar-refractivity contribution in [1.29, 1.82) is 0 Å². The van der Waals surface area contributed by atoms with E-state index >= 15 is 0 Å². The molecular weight excluding hydrogens is 280 g/mol. The molecule has 22 heavy (non-hydrogen) atoms. The Bertz CT molecular complexity index is 623. The second-order valence-corrected chi connectivity index (χ2v) is 11.7. The third-order valence-electron chi connectivity index (χ3n) is 4.88. The zero-order valence-corrected chi connectivity index (χ0v) is 15.6. The summed E-state index contributed by atoms with van der Waals surface area (Å²) < 4.78 is 0. The Hall–Kier alpha value is -1.60. The van der Waals surface area contributed by atoms with E-state index in [-0.39, 0.29) is 0 Å². The molecule has 116 valence electrons. The minimum absolute atomic E-state index is 0.502. The predicted molar refractivity (Wildman–Crippen MR) is 102 cm³/mol. The fourth-order valence-corrected chi connectivity index (χ4v) is 6.06. The van der Waals surface area contributed by atoms with Crippen LogP contribution in [-0.2, 0) is 0 Å². The molecule has 1 atom stereocenters. The van der Waals surface area contributed by atoms with E-state index in [0.29, 0.717) is 5.92 Å². The molecule has 0 nitrogen and oxygen atoms in total. The first-order valence-corrected chi connectivity index (χ1v) is 11.4. The molecule has 0 amide bonds. The molecule has 0 spiro atoms. The van der Waals surface area contributed by atoms with E-state index in [1.165, 1.54) is 17.2 Å². The van der Waals surface area contributed by atoms with Crippen LogP contribution in [0.15, 0.2) is 71.8 Å². The van der Waals surface area contributed by atoms with Crippen LogP contribution in [-0.4, -0.2) is 8.07 Å². The Kier molecular flexibility index (Phi) is 5.41. The molecule has 0 heterocycles. The van der Waals surface area contributed by atoms with E-state index < -0.39 is 8.07 Å². The van der Waals surface area contributed by atoms with Gasteiger partial charge in [-0.3, -0.25) is 0 Å². The highest BCUT2D eigenvalue weighted by molar-refractivity contribution is 6.90. The summed E-state index contributed by atoms with van der Waals surface area (Å²) in [6.07, 6.45) is 0. The molecule has 0 saturated heterocycles. The van der Waals surface area contributed by atoms with Crippen molar-refractivity contribution in [1.82, 2.24) is 0 Å². The first-order chi connectivity index (χ1) is 10.4. The highest BCUT2D eigenvalue weighted by Gasteiger charge is 2.24. The average molecular weight is 309 g/mol. The predicted octanol–water partition coefficient (Wildman–Crippen LogP) is 5.74. The molecule has 0 N–H and O–H groups in total. The molecule has 0 aromatic heterocycles. The van der Waals surface area contributed by atoms with Crippen LogP contribution < -0.4 is 5.19 Å². The van der Waals surface area contributed by atoms with Crippen LogP contribution in [0.2, 0.25) is 19.1 Å². The van der Waals surface area contributed by atoms with Crippen LogP contribution in [0, 0.1) is 0 Å². The third kappa shape index (κ3) is 3.98. The zero-order valence-electron chi connectivity index (χ0n) is 14.6. The lowest BCUT2D eigenvalue weighted by Crippen LogP contribution is -2.41. The van der Waals surface area contributed by atoms with Crippen LogP contribution in [0.5, 0.6) is 0 Å². The lowest BCUT2D eigenvalue weighted by atomic mass is 9.91. The summed E-state index contributed by atoms with van der Waals surface area (Å²) in [5.74, 6) is 0.502. The summed E-state index contributed by atoms with van der Waals surface area (Å²) in [7, 11) is -1.41. The van der Waals surface area contributed by atoms with Crippen LogP contribution in [0.1, 0.15) is 32.3 Å². The van der Waals surface area contributed by atoms with Gasteiger partial charge in [-0.05, 0) is 25.5 Å². The number of rotatable bonds is 5. The molecule has 2 aromatic carbocycles. The Balaban J connectivity index is 2.21. The maximum absolute atomic E-state index is 2.48. The molecule has 0 aliphatic heterocycles. The topological polar surface area (TPSA) is 0 Å². The summed E-state index contributed by atoms with van der Waals surface area (Å²) in [4.78, 5) is 0. The minimum atomic E-state index is -1.41. The van der Waals surface area contributed by atoms with Gasteiger partial charge in [-0.2, -0.15) is 0 Å². The first-order valence-electron chi connectivity index (χ1n) is 8.18. The average Bonchev–Trinajstić information content (AvgIpc) is 2.54. The maximum atomic E-state index is 2.48.